The van der Waals surface area contributed by atoms with E-state index in [4.69, 9.17) is 0 Å². The Labute approximate surface area is 106 Å². The van der Waals surface area contributed by atoms with E-state index in [2.05, 4.69) is 26.0 Å². The van der Waals surface area contributed by atoms with E-state index in [0.29, 0.717) is 5.01 Å². The summed E-state index contributed by atoms with van der Waals surface area (Å²) >= 11 is 4.86. The molecule has 0 radical (unpaired) electrons. The van der Waals surface area contributed by atoms with Gasteiger partial charge in [0.2, 0.25) is 0 Å². The molecule has 1 atom stereocenters. The van der Waals surface area contributed by atoms with Crippen LogP contribution in [0, 0.1) is 6.92 Å². The van der Waals surface area contributed by atoms with Crippen LogP contribution in [0.25, 0.3) is 0 Å². The number of hydrogen-bond acceptors (Lipinski definition) is 4. The first-order valence-corrected chi connectivity index (χ1v) is 6.62. The number of nitrogens with zero attached hydrogens (tertiary/aromatic N) is 3. The van der Waals surface area contributed by atoms with E-state index in [-0.39, 0.29) is 0 Å². The van der Waals surface area contributed by atoms with E-state index < -0.39 is 6.10 Å². The third-order valence-corrected chi connectivity index (χ3v) is 3.89. The lowest BCUT2D eigenvalue weighted by Crippen LogP contribution is -2.09. The molecular weight excluding hydrogens is 290 g/mol. The van der Waals surface area contributed by atoms with Crippen LogP contribution in [0.2, 0.25) is 0 Å². The maximum absolute atomic E-state index is 10.2. The summed E-state index contributed by atoms with van der Waals surface area (Å²) in [5.74, 6) is 0. The van der Waals surface area contributed by atoms with E-state index >= 15 is 0 Å². The monoisotopic (exact) mass is 301 g/mol. The van der Waals surface area contributed by atoms with Gasteiger partial charge < -0.3 is 5.11 Å². The highest BCUT2D eigenvalue weighted by molar-refractivity contribution is 9.10. The first kappa shape index (κ1) is 11.8. The molecule has 4 nitrogen and oxygen atoms in total. The van der Waals surface area contributed by atoms with Crippen LogP contribution in [0.3, 0.4) is 0 Å². The van der Waals surface area contributed by atoms with Crippen LogP contribution in [0.1, 0.15) is 29.4 Å². The van der Waals surface area contributed by atoms with Gasteiger partial charge in [0.05, 0.1) is 16.4 Å². The Kier molecular flexibility index (Phi) is 3.41. The Bertz CT molecular complexity index is 494. The minimum Gasteiger partial charge on any atom is -0.379 e. The van der Waals surface area contributed by atoms with Crippen molar-refractivity contribution < 1.29 is 5.11 Å². The van der Waals surface area contributed by atoms with Crippen molar-refractivity contribution in [1.29, 1.82) is 0 Å². The highest BCUT2D eigenvalue weighted by Gasteiger charge is 2.21. The fourth-order valence-corrected chi connectivity index (χ4v) is 2.80. The molecule has 2 aromatic heterocycles. The van der Waals surface area contributed by atoms with Crippen LogP contribution in [0.5, 0.6) is 0 Å². The Morgan fingerprint density at radius 2 is 2.38 bits per heavy atom. The van der Waals surface area contributed by atoms with Crippen molar-refractivity contribution in [3.8, 4) is 0 Å². The average molecular weight is 302 g/mol. The summed E-state index contributed by atoms with van der Waals surface area (Å²) in [5, 5.41) is 17.1. The van der Waals surface area contributed by atoms with Gasteiger partial charge in [-0.25, -0.2) is 4.98 Å². The number of aliphatic hydroxyl groups is 1. The zero-order chi connectivity index (χ0) is 11.7. The lowest BCUT2D eigenvalue weighted by Gasteiger charge is -2.10. The summed E-state index contributed by atoms with van der Waals surface area (Å²) < 4.78 is 2.58. The van der Waals surface area contributed by atoms with Gasteiger partial charge in [0, 0.05) is 17.6 Å². The summed E-state index contributed by atoms with van der Waals surface area (Å²) in [5.41, 5.74) is 1.69. The van der Waals surface area contributed by atoms with E-state index in [1.807, 2.05) is 19.2 Å². The molecule has 0 spiro atoms. The van der Waals surface area contributed by atoms with Crippen LogP contribution in [0.15, 0.2) is 16.0 Å². The molecule has 0 saturated carbocycles. The van der Waals surface area contributed by atoms with Crippen molar-refractivity contribution in [3.63, 3.8) is 0 Å². The Morgan fingerprint density at radius 3 is 2.94 bits per heavy atom. The number of aryl methyl sites for hydroxylation is 2. The maximum Gasteiger partial charge on any atom is 0.148 e. The summed E-state index contributed by atoms with van der Waals surface area (Å²) in [6.07, 6.45) is 0.984. The topological polar surface area (TPSA) is 50.9 Å². The van der Waals surface area contributed by atoms with Gasteiger partial charge in [-0.2, -0.15) is 5.10 Å². The molecule has 2 aromatic rings. The van der Waals surface area contributed by atoms with Gasteiger partial charge in [0.15, 0.2) is 0 Å². The fourth-order valence-electron chi connectivity index (χ4n) is 1.51. The average Bonchev–Trinajstić information content (AvgIpc) is 2.83. The first-order chi connectivity index (χ1) is 7.63. The van der Waals surface area contributed by atoms with E-state index in [1.54, 1.807) is 10.9 Å². The third-order valence-electron chi connectivity index (χ3n) is 2.26. The lowest BCUT2D eigenvalue weighted by molar-refractivity contribution is 0.206. The fraction of sp³-hybridized carbons (Fsp3) is 0.400. The highest BCUT2D eigenvalue weighted by Crippen LogP contribution is 2.30. The largest absolute Gasteiger partial charge is 0.379 e. The normalized spacial score (nSPS) is 13.0. The van der Waals surface area contributed by atoms with Gasteiger partial charge in [0.25, 0.3) is 0 Å². The second-order valence-electron chi connectivity index (χ2n) is 3.42. The van der Waals surface area contributed by atoms with Crippen molar-refractivity contribution in [2.45, 2.75) is 26.5 Å². The Balaban J connectivity index is 2.40. The minimum absolute atomic E-state index is 0.702. The number of hydrogen-bond donors (Lipinski definition) is 1. The van der Waals surface area contributed by atoms with Crippen LogP contribution in [-0.4, -0.2) is 19.9 Å². The minimum atomic E-state index is -0.712. The van der Waals surface area contributed by atoms with Crippen LogP contribution < -0.4 is 0 Å². The maximum atomic E-state index is 10.2. The van der Waals surface area contributed by atoms with E-state index in [0.717, 1.165) is 22.4 Å². The van der Waals surface area contributed by atoms with Gasteiger partial charge >= 0.3 is 0 Å². The Hall–Kier alpha value is -0.720. The van der Waals surface area contributed by atoms with Crippen molar-refractivity contribution in [3.05, 3.63) is 32.4 Å². The molecule has 0 saturated heterocycles. The molecular formula is C10H12BrN3OS. The van der Waals surface area contributed by atoms with Gasteiger partial charge in [-0.3, -0.25) is 4.68 Å². The zero-order valence-corrected chi connectivity index (χ0v) is 11.4. The first-order valence-electron chi connectivity index (χ1n) is 4.94. The molecule has 0 aliphatic carbocycles. The molecule has 2 heterocycles. The zero-order valence-electron chi connectivity index (χ0n) is 9.01. The quantitative estimate of drug-likeness (QED) is 0.948. The van der Waals surface area contributed by atoms with E-state index in [9.17, 15) is 5.11 Å². The summed E-state index contributed by atoms with van der Waals surface area (Å²) in [4.78, 5) is 4.29. The van der Waals surface area contributed by atoms with Crippen molar-refractivity contribution in [2.24, 2.45) is 0 Å². The molecule has 0 aromatic carbocycles. The number of aliphatic hydroxyl groups excluding tert-OH is 1. The number of thiazole rings is 1. The molecule has 0 aliphatic heterocycles. The standard InChI is InChI=1S/C10H12BrN3OS/c1-3-14-8(7(11)4-12-14)9(15)10-13-6(2)5-16-10/h4-5,9,15H,3H2,1-2H3. The summed E-state index contributed by atoms with van der Waals surface area (Å²) in [7, 11) is 0. The predicted molar refractivity (Wildman–Crippen MR) is 66.5 cm³/mol. The third kappa shape index (κ3) is 2.05. The highest BCUT2D eigenvalue weighted by atomic mass is 79.9. The smallest absolute Gasteiger partial charge is 0.148 e. The molecule has 2 rings (SSSR count). The van der Waals surface area contributed by atoms with Gasteiger partial charge in [-0.15, -0.1) is 11.3 Å². The lowest BCUT2D eigenvalue weighted by atomic mass is 10.2. The van der Waals surface area contributed by atoms with Crippen molar-refractivity contribution in [1.82, 2.24) is 14.8 Å². The molecule has 0 bridgehead atoms. The second kappa shape index (κ2) is 4.65. The number of halogens is 1. The molecule has 1 unspecified atom stereocenters. The van der Waals surface area contributed by atoms with Gasteiger partial charge in [-0.05, 0) is 29.8 Å². The molecule has 0 aliphatic rings. The molecule has 16 heavy (non-hydrogen) atoms. The number of aromatic nitrogens is 3. The summed E-state index contributed by atoms with van der Waals surface area (Å²) in [6.45, 7) is 4.63. The Morgan fingerprint density at radius 1 is 1.62 bits per heavy atom. The van der Waals surface area contributed by atoms with Crippen LogP contribution in [-0.2, 0) is 6.54 Å². The molecule has 1 N–H and O–H groups in total. The van der Waals surface area contributed by atoms with Gasteiger partial charge in [-0.1, -0.05) is 0 Å². The molecule has 0 amide bonds. The van der Waals surface area contributed by atoms with Crippen molar-refractivity contribution in [2.75, 3.05) is 0 Å². The SMILES string of the molecule is CCn1ncc(Br)c1C(O)c1nc(C)cs1. The van der Waals surface area contributed by atoms with Crippen molar-refractivity contribution >= 4 is 27.3 Å². The molecule has 0 fully saturated rings. The number of rotatable bonds is 3. The molecule has 86 valence electrons. The second-order valence-corrected chi connectivity index (χ2v) is 5.17. The van der Waals surface area contributed by atoms with Crippen LogP contribution in [0.4, 0.5) is 0 Å². The van der Waals surface area contributed by atoms with E-state index in [1.165, 1.54) is 11.3 Å². The molecule has 6 heteroatoms. The predicted octanol–water partition coefficient (Wildman–Crippen LogP) is 2.51. The summed E-state index contributed by atoms with van der Waals surface area (Å²) in [6, 6.07) is 0. The van der Waals surface area contributed by atoms with Crippen LogP contribution >= 0.6 is 27.3 Å². The van der Waals surface area contributed by atoms with Gasteiger partial charge in [0.1, 0.15) is 11.1 Å².